The van der Waals surface area contributed by atoms with Gasteiger partial charge in [0.15, 0.2) is 29.3 Å². The highest BCUT2D eigenvalue weighted by molar-refractivity contribution is 6.12. The maximum Gasteiger partial charge on any atom is 0.417 e. The number of amides is 2. The second kappa shape index (κ2) is 34.0. The number of hydrogen-bond acceptors (Lipinski definition) is 16. The third-order valence-corrected chi connectivity index (χ3v) is 19.8. The number of carbonyl (C=O) groups excluding carboxylic acids is 2. The molecule has 6 heterocycles. The van der Waals surface area contributed by atoms with E-state index in [-0.39, 0.29) is 19.8 Å². The molecule has 2 aliphatic rings. The van der Waals surface area contributed by atoms with E-state index in [1.165, 1.54) is 4.90 Å². The zero-order valence-corrected chi connectivity index (χ0v) is 62.1. The molecule has 20 heteroatoms. The van der Waals surface area contributed by atoms with E-state index in [0.29, 0.717) is 94.1 Å². The van der Waals surface area contributed by atoms with E-state index >= 15 is 0 Å². The van der Waals surface area contributed by atoms with Crippen LogP contribution in [0, 0.1) is 13.8 Å². The summed E-state index contributed by atoms with van der Waals surface area (Å²) in [7, 11) is 3.25. The number of para-hydroxylation sites is 2. The van der Waals surface area contributed by atoms with Crippen molar-refractivity contribution in [2.75, 3.05) is 27.4 Å². The van der Waals surface area contributed by atoms with Crippen molar-refractivity contribution in [3.05, 3.63) is 324 Å². The molecular formula is C92H81N5O15. The summed E-state index contributed by atoms with van der Waals surface area (Å²) in [5, 5.41) is 22.2. The van der Waals surface area contributed by atoms with Gasteiger partial charge < -0.3 is 66.1 Å². The first-order valence-corrected chi connectivity index (χ1v) is 37.0. The SMILES string of the molecule is COc1cc(Cn2c3ccccc3c3c(OC(C(=O)N4C(=O)OC[C@@H]4Cc4ccccc4)c4ccccc4)cccc32)ccc1OCc1nc(-c2ccccc2)oc1C.COc1cc(Cn2c3ccccc3c3c(OC(C(=O)O)c4ccccc4)cccc32)ccc1OCc1nc(-c2ccccc2)oc1C.OC1CCCO1. The fourth-order valence-corrected chi connectivity index (χ4v) is 14.2. The summed E-state index contributed by atoms with van der Waals surface area (Å²) in [6, 6.07) is 86.7. The Morgan fingerprint density at radius 2 is 0.929 bits per heavy atom. The van der Waals surface area contributed by atoms with Crippen molar-refractivity contribution < 1.29 is 71.3 Å². The van der Waals surface area contributed by atoms with Crippen LogP contribution >= 0.6 is 0 Å². The van der Waals surface area contributed by atoms with Crippen molar-refractivity contribution in [2.45, 2.75) is 84.0 Å². The van der Waals surface area contributed by atoms with Crippen molar-refractivity contribution >= 4 is 61.6 Å². The van der Waals surface area contributed by atoms with Gasteiger partial charge in [-0.15, -0.1) is 0 Å². The Kier molecular flexibility index (Phi) is 22.5. The van der Waals surface area contributed by atoms with Crippen molar-refractivity contribution in [2.24, 2.45) is 0 Å². The number of aliphatic carboxylic acids is 1. The van der Waals surface area contributed by atoms with Gasteiger partial charge in [0.2, 0.25) is 24.0 Å². The Bertz CT molecular complexity index is 5780. The second-order valence-electron chi connectivity index (χ2n) is 27.1. The molecule has 20 nitrogen and oxygen atoms in total. The van der Waals surface area contributed by atoms with Gasteiger partial charge in [-0.2, -0.15) is 0 Å². The lowest BCUT2D eigenvalue weighted by molar-refractivity contribution is -0.145. The predicted molar refractivity (Wildman–Crippen MR) is 426 cm³/mol. The van der Waals surface area contributed by atoms with Crippen molar-refractivity contribution in [1.82, 2.24) is 24.0 Å². The zero-order chi connectivity index (χ0) is 77.0. The van der Waals surface area contributed by atoms with E-state index in [1.807, 2.05) is 257 Å². The van der Waals surface area contributed by atoms with Gasteiger partial charge in [-0.1, -0.05) is 188 Å². The first kappa shape index (κ1) is 74.1. The van der Waals surface area contributed by atoms with Gasteiger partial charge in [0, 0.05) is 80.9 Å². The number of aliphatic hydroxyl groups is 1. The van der Waals surface area contributed by atoms with Gasteiger partial charge in [-0.25, -0.2) is 24.5 Å². The Labute approximate surface area is 646 Å². The number of hydrogen-bond donors (Lipinski definition) is 2. The normalized spacial score (nSPS) is 14.4. The maximum absolute atomic E-state index is 14.6. The minimum absolute atomic E-state index is 0.110. The number of ether oxygens (including phenoxy) is 8. The van der Waals surface area contributed by atoms with E-state index < -0.39 is 42.5 Å². The summed E-state index contributed by atoms with van der Waals surface area (Å²) < 4.78 is 63.4. The van der Waals surface area contributed by atoms with Crippen LogP contribution in [0.4, 0.5) is 4.79 Å². The number of fused-ring (bicyclic) bond motifs is 6. The molecule has 11 aromatic carbocycles. The first-order chi connectivity index (χ1) is 54.8. The number of nitrogens with zero attached hydrogens (tertiary/aromatic N) is 5. The number of carboxylic acids is 1. The van der Waals surface area contributed by atoms with Crippen molar-refractivity contribution in [3.63, 3.8) is 0 Å². The van der Waals surface area contributed by atoms with Crippen molar-refractivity contribution in [1.29, 1.82) is 0 Å². The van der Waals surface area contributed by atoms with E-state index in [4.69, 9.17) is 51.8 Å². The number of methoxy groups -OCH3 is 2. The molecule has 0 saturated carbocycles. The lowest BCUT2D eigenvalue weighted by Gasteiger charge is -2.26. The van der Waals surface area contributed by atoms with E-state index in [0.717, 1.165) is 96.6 Å². The largest absolute Gasteiger partial charge is 0.493 e. The molecule has 2 saturated heterocycles. The molecule has 15 aromatic rings. The second-order valence-corrected chi connectivity index (χ2v) is 27.1. The van der Waals surface area contributed by atoms with E-state index in [9.17, 15) is 19.5 Å². The van der Waals surface area contributed by atoms with Gasteiger partial charge >= 0.3 is 12.1 Å². The monoisotopic (exact) mass is 1500 g/mol. The topological polar surface area (TPSA) is 231 Å². The van der Waals surface area contributed by atoms with Crippen LogP contribution in [-0.2, 0) is 51.8 Å². The summed E-state index contributed by atoms with van der Waals surface area (Å²) in [5.74, 6) is 4.37. The van der Waals surface area contributed by atoms with Crippen LogP contribution in [0.3, 0.4) is 0 Å². The highest BCUT2D eigenvalue weighted by Crippen LogP contribution is 2.43. The average molecular weight is 1500 g/mol. The quantitative estimate of drug-likeness (QED) is 0.0573. The van der Waals surface area contributed by atoms with Gasteiger partial charge in [0.1, 0.15) is 54.2 Å². The molecule has 0 radical (unpaired) electrons. The van der Waals surface area contributed by atoms with Gasteiger partial charge in [-0.05, 0) is 128 Å². The highest BCUT2D eigenvalue weighted by Gasteiger charge is 2.43. The number of carbonyl (C=O) groups is 3. The number of carboxylic acid groups (broad SMARTS) is 1. The molecule has 2 fully saturated rings. The number of rotatable bonds is 24. The lowest BCUT2D eigenvalue weighted by atomic mass is 10.0. The molecule has 2 amide bonds. The highest BCUT2D eigenvalue weighted by atomic mass is 16.6. The third-order valence-electron chi connectivity index (χ3n) is 19.8. The van der Waals surface area contributed by atoms with Gasteiger partial charge in [-0.3, -0.25) is 4.79 Å². The minimum atomic E-state index is -1.15. The van der Waals surface area contributed by atoms with E-state index in [1.54, 1.807) is 26.4 Å². The molecule has 564 valence electrons. The maximum atomic E-state index is 14.6. The molecule has 3 unspecified atom stereocenters. The summed E-state index contributed by atoms with van der Waals surface area (Å²) in [4.78, 5) is 50.6. The molecular weight excluding hydrogens is 1420 g/mol. The zero-order valence-electron chi connectivity index (χ0n) is 62.1. The molecule has 112 heavy (non-hydrogen) atoms. The standard InChI is InChI=1S/C49H41N3O7.C39H32N2O6.C4H8O2/c1-32-39(50-47(58-32)36-19-10-5-11-20-36)31-56-42-26-25-34(28-44(42)55-2)29-51-40-22-13-12-21-38(40)45-41(51)23-14-24-43(45)59-46(35-17-8-4-9-18-35)48(53)52-37(30-57-49(52)54)27-33-15-6-3-7-16-33;1-25-30(40-38(46-25)28-14-7-4-8-15-28)24-45-33-21-20-26(22-35(33)44-2)23-41-31-17-10-9-16-29(31)36-32(41)18-11-19-34(36)47-37(39(42)43)27-12-5-3-6-13-27;5-4-2-1-3-6-4/h3-26,28,37,46H,27,29-31H2,1-2H3;3-22,37H,23-24H2,1-2H3,(H,42,43);4-5H,1-3H2/t37-,46?;;/m0../s1. The summed E-state index contributed by atoms with van der Waals surface area (Å²) in [6.07, 6.45) is -1.08. The number of oxazole rings is 2. The summed E-state index contributed by atoms with van der Waals surface area (Å²) in [5.41, 5.74) is 11.3. The van der Waals surface area contributed by atoms with Gasteiger partial charge in [0.25, 0.3) is 5.91 Å². The molecule has 2 aliphatic heterocycles. The third kappa shape index (κ3) is 16.3. The van der Waals surface area contributed by atoms with Crippen LogP contribution in [0.1, 0.15) is 75.8 Å². The number of aliphatic hydroxyl groups excluding tert-OH is 1. The van der Waals surface area contributed by atoms with Crippen LogP contribution in [0.25, 0.3) is 66.5 Å². The summed E-state index contributed by atoms with van der Waals surface area (Å²) >= 11 is 0. The number of benzene rings is 11. The number of cyclic esters (lactones) is 1. The molecule has 0 spiro atoms. The number of aromatic nitrogens is 4. The Morgan fingerprint density at radius 3 is 1.38 bits per heavy atom. The Morgan fingerprint density at radius 1 is 0.491 bits per heavy atom. The van der Waals surface area contributed by atoms with Crippen LogP contribution < -0.4 is 28.4 Å². The van der Waals surface area contributed by atoms with Crippen LogP contribution in [0.15, 0.2) is 282 Å². The summed E-state index contributed by atoms with van der Waals surface area (Å²) in [6.45, 7) is 6.10. The van der Waals surface area contributed by atoms with E-state index in [2.05, 4.69) is 37.3 Å². The fourth-order valence-electron chi connectivity index (χ4n) is 14.2. The first-order valence-electron chi connectivity index (χ1n) is 37.0. The molecule has 0 aliphatic carbocycles. The predicted octanol–water partition coefficient (Wildman–Crippen LogP) is 18.8. The Balaban J connectivity index is 0.000000168. The number of imide groups is 1. The fraction of sp³-hybridized carbons (Fsp3) is 0.185. The van der Waals surface area contributed by atoms with Crippen molar-refractivity contribution in [3.8, 4) is 57.4 Å². The minimum Gasteiger partial charge on any atom is -0.493 e. The molecule has 4 atom stereocenters. The Hall–Kier alpha value is -13.4. The van der Waals surface area contributed by atoms with Crippen LogP contribution in [-0.4, -0.2) is 92.0 Å². The molecule has 2 N–H and O–H groups in total. The molecule has 0 bridgehead atoms. The van der Waals surface area contributed by atoms with Crippen LogP contribution in [0.5, 0.6) is 34.5 Å². The lowest BCUT2D eigenvalue weighted by Crippen LogP contribution is -2.44. The van der Waals surface area contributed by atoms with Crippen LogP contribution in [0.2, 0.25) is 0 Å². The smallest absolute Gasteiger partial charge is 0.417 e. The van der Waals surface area contributed by atoms with Gasteiger partial charge in [0.05, 0.1) is 31.3 Å². The molecule has 4 aromatic heterocycles. The molecule has 17 rings (SSSR count). The number of aryl methyl sites for hydroxylation is 2. The average Bonchev–Trinajstić information content (AvgIpc) is 1.60.